The van der Waals surface area contributed by atoms with Gasteiger partial charge < -0.3 is 10.2 Å². The van der Waals surface area contributed by atoms with Crippen LogP contribution in [-0.2, 0) is 22.7 Å². The fourth-order valence-electron chi connectivity index (χ4n) is 8.60. The van der Waals surface area contributed by atoms with Gasteiger partial charge in [-0.25, -0.2) is 0 Å². The van der Waals surface area contributed by atoms with Crippen LogP contribution in [0.15, 0.2) is 82.3 Å². The summed E-state index contributed by atoms with van der Waals surface area (Å²) in [6.45, 7) is 10.1. The van der Waals surface area contributed by atoms with Crippen LogP contribution in [0.3, 0.4) is 0 Å². The Morgan fingerprint density at radius 3 is 2.56 bits per heavy atom. The predicted molar refractivity (Wildman–Crippen MR) is 229 cm³/mol. The maximum Gasteiger partial charge on any atom is 0.255 e. The van der Waals surface area contributed by atoms with E-state index in [2.05, 4.69) is 74.2 Å². The van der Waals surface area contributed by atoms with Crippen LogP contribution in [0.1, 0.15) is 90.0 Å². The molecule has 7 heterocycles. The third-order valence-electron chi connectivity index (χ3n) is 12.0. The van der Waals surface area contributed by atoms with Crippen LogP contribution in [-0.4, -0.2) is 78.7 Å². The molecule has 2 saturated heterocycles. The average Bonchev–Trinajstić information content (AvgIpc) is 3.79. The van der Waals surface area contributed by atoms with Crippen molar-refractivity contribution in [3.05, 3.63) is 122 Å². The number of fused-ring (bicyclic) bond motifs is 4. The number of imide groups is 1. The van der Waals surface area contributed by atoms with E-state index in [0.29, 0.717) is 29.5 Å². The van der Waals surface area contributed by atoms with Crippen LogP contribution in [0.25, 0.3) is 5.03 Å². The minimum atomic E-state index is -0.621. The van der Waals surface area contributed by atoms with Crippen LogP contribution in [0, 0.1) is 30.6 Å². The van der Waals surface area contributed by atoms with E-state index in [9.17, 15) is 14.4 Å². The first-order chi connectivity index (χ1) is 28.6. The number of hydrogen-bond donors (Lipinski definition) is 2. The van der Waals surface area contributed by atoms with Gasteiger partial charge in [0.2, 0.25) is 11.8 Å². The number of anilines is 1. The zero-order valence-electron chi connectivity index (χ0n) is 33.2. The first-order valence-corrected chi connectivity index (χ1v) is 21.3. The molecule has 2 N–H and O–H groups in total. The zero-order valence-corrected chi connectivity index (χ0v) is 34.7. The van der Waals surface area contributed by atoms with E-state index < -0.39 is 11.9 Å². The summed E-state index contributed by atoms with van der Waals surface area (Å²) < 4.78 is 2.10. The Balaban J connectivity index is 0.818. The predicted octanol–water partition coefficient (Wildman–Crippen LogP) is 6.77. The van der Waals surface area contributed by atoms with Crippen molar-refractivity contribution in [1.82, 2.24) is 34.9 Å². The Morgan fingerprint density at radius 1 is 0.983 bits per heavy atom. The van der Waals surface area contributed by atoms with Gasteiger partial charge in [0.25, 0.3) is 5.91 Å². The number of benzene rings is 2. The van der Waals surface area contributed by atoms with Crippen molar-refractivity contribution in [2.75, 3.05) is 25.0 Å². The number of rotatable bonds is 7. The summed E-state index contributed by atoms with van der Waals surface area (Å²) >= 11 is 7.90. The molecule has 4 aromatic rings. The van der Waals surface area contributed by atoms with Gasteiger partial charge in [-0.3, -0.25) is 39.1 Å². The van der Waals surface area contributed by atoms with Gasteiger partial charge in [0.1, 0.15) is 17.9 Å². The molecule has 59 heavy (non-hydrogen) atoms. The Labute approximate surface area is 352 Å². The van der Waals surface area contributed by atoms with E-state index in [1.807, 2.05) is 55.6 Å². The quantitative estimate of drug-likeness (QED) is 0.153. The molecule has 3 atom stereocenters. The number of hydrogen-bond acceptors (Lipinski definition) is 10. The maximum absolute atomic E-state index is 13.3. The van der Waals surface area contributed by atoms with Crippen LogP contribution >= 0.6 is 23.4 Å². The smallest absolute Gasteiger partial charge is 0.255 e. The summed E-state index contributed by atoms with van der Waals surface area (Å²) in [5.41, 5.74) is 7.47. The van der Waals surface area contributed by atoms with Gasteiger partial charge in [0.15, 0.2) is 5.82 Å². The van der Waals surface area contributed by atoms with Gasteiger partial charge >= 0.3 is 0 Å². The van der Waals surface area contributed by atoms with E-state index >= 15 is 0 Å². The number of carbonyl (C=O) groups excluding carboxylic acids is 3. The monoisotopic (exact) mass is 825 g/mol. The van der Waals surface area contributed by atoms with Gasteiger partial charge in [-0.05, 0) is 113 Å². The average molecular weight is 826 g/mol. The molecule has 2 bridgehead atoms. The number of allylic oxidation sites excluding steroid dienone is 3. The van der Waals surface area contributed by atoms with Crippen molar-refractivity contribution in [1.29, 1.82) is 0 Å². The molecule has 0 spiro atoms. The molecule has 14 heteroatoms. The lowest BCUT2D eigenvalue weighted by atomic mass is 9.89. The molecule has 2 unspecified atom stereocenters. The lowest BCUT2D eigenvalue weighted by molar-refractivity contribution is -0.136. The highest BCUT2D eigenvalue weighted by Gasteiger charge is 2.40. The molecule has 3 amide bonds. The van der Waals surface area contributed by atoms with Crippen LogP contribution in [0.5, 0.6) is 0 Å². The van der Waals surface area contributed by atoms with E-state index in [0.717, 1.165) is 100.0 Å². The Hall–Kier alpha value is -5.55. The number of pyridine rings is 1. The number of halogens is 1. The highest BCUT2D eigenvalue weighted by atomic mass is 35.5. The third-order valence-corrected chi connectivity index (χ3v) is 13.4. The molecule has 5 aliphatic heterocycles. The van der Waals surface area contributed by atoms with Gasteiger partial charge in [0.05, 0.1) is 21.3 Å². The summed E-state index contributed by atoms with van der Waals surface area (Å²) in [7, 11) is 0. The van der Waals surface area contributed by atoms with Crippen LogP contribution in [0.4, 0.5) is 5.69 Å². The molecule has 300 valence electrons. The molecular formula is C45H44ClN9O3S. The summed E-state index contributed by atoms with van der Waals surface area (Å²) in [6.07, 6.45) is 6.82. The molecule has 2 fully saturated rings. The van der Waals surface area contributed by atoms with Gasteiger partial charge in [-0.1, -0.05) is 53.4 Å². The normalized spacial score (nSPS) is 22.9. The van der Waals surface area contributed by atoms with Crippen molar-refractivity contribution < 1.29 is 14.4 Å². The lowest BCUT2D eigenvalue weighted by Crippen LogP contribution is -2.52. The SMILES string of the molecule is CC1=C(C#Cc2ccc(CN3CCC(CNc4cccc5c4CN(C4CCC(=O)NC4=O)C5=O)CC3)nc2)SC2=CC1/C(c1ccc(Cl)cc1)=N\[C@@H](C)c1nnc(C)n12. The second-order valence-corrected chi connectivity index (χ2v) is 17.3. The van der Waals surface area contributed by atoms with Gasteiger partial charge in [-0.15, -0.1) is 10.2 Å². The number of aryl methyl sites for hydroxylation is 1. The van der Waals surface area contributed by atoms with Crippen molar-refractivity contribution in [3.63, 3.8) is 0 Å². The Bertz CT molecular complexity index is 2510. The molecule has 2 aromatic heterocycles. The highest BCUT2D eigenvalue weighted by molar-refractivity contribution is 8.11. The lowest BCUT2D eigenvalue weighted by Gasteiger charge is -2.32. The van der Waals surface area contributed by atoms with E-state index in [4.69, 9.17) is 21.6 Å². The fraction of sp³-hybridized carbons (Fsp3) is 0.356. The summed E-state index contributed by atoms with van der Waals surface area (Å²) in [5.74, 6) is 8.08. The molecule has 0 aliphatic carbocycles. The first-order valence-electron chi connectivity index (χ1n) is 20.2. The van der Waals surface area contributed by atoms with Gasteiger partial charge in [-0.2, -0.15) is 0 Å². The van der Waals surface area contributed by atoms with Crippen molar-refractivity contribution in [2.24, 2.45) is 16.8 Å². The Morgan fingerprint density at radius 2 is 1.80 bits per heavy atom. The number of aromatic nitrogens is 4. The first kappa shape index (κ1) is 38.9. The summed E-state index contributed by atoms with van der Waals surface area (Å²) in [6, 6.07) is 16.9. The maximum atomic E-state index is 13.3. The molecule has 0 radical (unpaired) electrons. The van der Waals surface area contributed by atoms with Crippen LogP contribution < -0.4 is 10.6 Å². The van der Waals surface area contributed by atoms with Crippen molar-refractivity contribution in [3.8, 4) is 11.8 Å². The summed E-state index contributed by atoms with van der Waals surface area (Å²) in [4.78, 5) is 52.5. The molecule has 5 aliphatic rings. The van der Waals surface area contributed by atoms with Gasteiger partial charge in [0, 0.05) is 65.6 Å². The van der Waals surface area contributed by atoms with Crippen molar-refractivity contribution >= 4 is 57.5 Å². The molecule has 0 saturated carbocycles. The van der Waals surface area contributed by atoms with E-state index in [1.54, 1.807) is 16.7 Å². The summed E-state index contributed by atoms with van der Waals surface area (Å²) in [5, 5.41) is 16.6. The second-order valence-electron chi connectivity index (χ2n) is 15.9. The molecule has 2 aromatic carbocycles. The van der Waals surface area contributed by atoms with E-state index in [-0.39, 0.29) is 30.2 Å². The largest absolute Gasteiger partial charge is 0.384 e. The highest BCUT2D eigenvalue weighted by Crippen LogP contribution is 2.44. The fourth-order valence-corrected chi connectivity index (χ4v) is 9.85. The van der Waals surface area contributed by atoms with Crippen LogP contribution in [0.2, 0.25) is 5.02 Å². The number of aliphatic imine (C=N–C) groups is 1. The minimum Gasteiger partial charge on any atom is -0.384 e. The minimum absolute atomic E-state index is 0.0721. The number of thioether (sulfide) groups is 1. The number of nitrogens with zero attached hydrogens (tertiary/aromatic N) is 7. The van der Waals surface area contributed by atoms with E-state index in [1.165, 1.54) is 0 Å². The number of likely N-dealkylation sites (tertiary alicyclic amines) is 1. The number of nitrogens with one attached hydrogen (secondary N) is 2. The topological polar surface area (TPSA) is 138 Å². The third kappa shape index (κ3) is 7.84. The standard InChI is InChI=1S/C45H44ClN9O3S/c1-26-35-21-41(55-28(3)51-52-43(55)27(2)49-42(35)31-9-11-32(46)12-10-31)59-39(26)15-8-29-7-13-33(47-22-29)24-53-19-17-30(18-20-53)23-48-37-6-4-5-34-36(37)25-54(45(34)58)38-14-16-40(56)50-44(38)57/h4-7,9-13,21-22,27,30,35,38,48H,14,16-20,23-25H2,1-3H3,(H,50,56,57)/b49-42-/t27-,35?,38?/m0/s1. The number of amides is 3. The Kier molecular flexibility index (Phi) is 10.7. The van der Waals surface area contributed by atoms with Crippen molar-refractivity contribution in [2.45, 2.75) is 71.6 Å². The molecule has 12 nitrogen and oxygen atoms in total. The molecule has 9 rings (SSSR count). The number of piperidine rings is 2. The zero-order chi connectivity index (χ0) is 40.8. The second kappa shape index (κ2) is 16.2. The number of carbonyl (C=O) groups is 3. The molecular weight excluding hydrogens is 782 g/mol.